The standard InChI is InChI=1S/C3H6N2S3/c4-7-8-5-2-1-3-6-5/h1-2H,3-4H2. The van der Waals surface area contributed by atoms with Crippen molar-refractivity contribution in [2.24, 2.45) is 5.14 Å². The molecule has 0 radical (unpaired) electrons. The average molecular weight is 166 g/mol. The summed E-state index contributed by atoms with van der Waals surface area (Å²) in [4.78, 5) is 0. The van der Waals surface area contributed by atoms with Gasteiger partial charge in [0.05, 0.1) is 0 Å². The SMILES string of the molecule is NSSN1C=CCS1. The lowest BCUT2D eigenvalue weighted by Gasteiger charge is -2.06. The van der Waals surface area contributed by atoms with Gasteiger partial charge < -0.3 is 0 Å². The monoisotopic (exact) mass is 166 g/mol. The average Bonchev–Trinajstić information content (AvgIpc) is 2.19. The van der Waals surface area contributed by atoms with Gasteiger partial charge in [0.1, 0.15) is 0 Å². The molecule has 46 valence electrons. The van der Waals surface area contributed by atoms with Gasteiger partial charge in [-0.25, -0.2) is 0 Å². The van der Waals surface area contributed by atoms with Crippen LogP contribution in [-0.4, -0.2) is 9.46 Å². The van der Waals surface area contributed by atoms with Crippen LogP contribution in [0.25, 0.3) is 0 Å². The van der Waals surface area contributed by atoms with Gasteiger partial charge in [-0.3, -0.25) is 8.85 Å². The first-order chi connectivity index (χ1) is 3.93. The van der Waals surface area contributed by atoms with Crippen LogP contribution in [0.4, 0.5) is 0 Å². The van der Waals surface area contributed by atoms with E-state index in [4.69, 9.17) is 5.14 Å². The van der Waals surface area contributed by atoms with Crippen LogP contribution in [0.3, 0.4) is 0 Å². The Morgan fingerprint density at radius 2 is 2.62 bits per heavy atom. The van der Waals surface area contributed by atoms with Crippen LogP contribution >= 0.6 is 33.9 Å². The maximum absolute atomic E-state index is 5.20. The Morgan fingerprint density at radius 3 is 3.12 bits per heavy atom. The van der Waals surface area contributed by atoms with Crippen molar-refractivity contribution in [3.63, 3.8) is 0 Å². The van der Waals surface area contributed by atoms with E-state index in [1.165, 1.54) is 11.0 Å². The zero-order valence-electron chi connectivity index (χ0n) is 4.11. The molecule has 1 aliphatic heterocycles. The van der Waals surface area contributed by atoms with E-state index in [0.29, 0.717) is 0 Å². The van der Waals surface area contributed by atoms with Crippen molar-refractivity contribution in [3.05, 3.63) is 12.3 Å². The summed E-state index contributed by atoms with van der Waals surface area (Å²) in [5, 5.41) is 5.20. The molecule has 0 saturated carbocycles. The smallest absolute Gasteiger partial charge is 0.0488 e. The molecular formula is C3H6N2S3. The van der Waals surface area contributed by atoms with Gasteiger partial charge in [-0.1, -0.05) is 6.08 Å². The number of rotatable bonds is 2. The molecule has 0 atom stereocenters. The lowest BCUT2D eigenvalue weighted by atomic mass is 10.7. The summed E-state index contributed by atoms with van der Waals surface area (Å²) >= 11 is 1.75. The Kier molecular flexibility index (Phi) is 2.96. The molecule has 0 aliphatic carbocycles. The number of nitrogens with zero attached hydrogens (tertiary/aromatic N) is 1. The molecule has 0 unspecified atom stereocenters. The molecule has 8 heavy (non-hydrogen) atoms. The number of nitrogens with two attached hydrogens (primary N) is 1. The molecule has 2 nitrogen and oxygen atoms in total. The molecule has 0 bridgehead atoms. The summed E-state index contributed by atoms with van der Waals surface area (Å²) in [6, 6.07) is 0. The highest BCUT2D eigenvalue weighted by Crippen LogP contribution is 2.31. The largest absolute Gasteiger partial charge is 0.267 e. The van der Waals surface area contributed by atoms with E-state index in [0.717, 1.165) is 5.75 Å². The van der Waals surface area contributed by atoms with Crippen molar-refractivity contribution in [3.8, 4) is 0 Å². The summed E-state index contributed by atoms with van der Waals surface area (Å²) in [5.74, 6) is 1.08. The molecule has 0 amide bonds. The van der Waals surface area contributed by atoms with E-state index < -0.39 is 0 Å². The van der Waals surface area contributed by atoms with Crippen LogP contribution in [0.2, 0.25) is 0 Å². The Hall–Kier alpha value is 0.550. The maximum Gasteiger partial charge on any atom is 0.0488 e. The predicted molar refractivity (Wildman–Crippen MR) is 42.8 cm³/mol. The number of hydrogen-bond donors (Lipinski definition) is 1. The van der Waals surface area contributed by atoms with Gasteiger partial charge >= 0.3 is 0 Å². The van der Waals surface area contributed by atoms with Gasteiger partial charge in [-0.2, -0.15) is 0 Å². The fourth-order valence-electron chi connectivity index (χ4n) is 0.377. The first-order valence-electron chi connectivity index (χ1n) is 2.06. The van der Waals surface area contributed by atoms with Gasteiger partial charge in [-0.05, 0) is 11.9 Å². The molecule has 0 aromatic rings. The third kappa shape index (κ3) is 1.81. The van der Waals surface area contributed by atoms with E-state index in [-0.39, 0.29) is 0 Å². The highest BCUT2D eigenvalue weighted by atomic mass is 33.1. The lowest BCUT2D eigenvalue weighted by molar-refractivity contribution is 1.08. The molecule has 0 aromatic carbocycles. The topological polar surface area (TPSA) is 29.3 Å². The molecule has 0 aromatic heterocycles. The van der Waals surface area contributed by atoms with E-state index in [2.05, 4.69) is 6.08 Å². The lowest BCUT2D eigenvalue weighted by Crippen LogP contribution is -1.88. The minimum atomic E-state index is 1.08. The van der Waals surface area contributed by atoms with E-state index in [1.807, 2.05) is 9.91 Å². The summed E-state index contributed by atoms with van der Waals surface area (Å²) in [7, 11) is 2.81. The molecule has 0 fully saturated rings. The van der Waals surface area contributed by atoms with Crippen molar-refractivity contribution in [2.75, 3.05) is 5.75 Å². The summed E-state index contributed by atoms with van der Waals surface area (Å²) in [6.45, 7) is 0. The molecule has 2 N–H and O–H groups in total. The molecule has 1 aliphatic rings. The highest BCUT2D eigenvalue weighted by molar-refractivity contribution is 8.76. The zero-order valence-corrected chi connectivity index (χ0v) is 6.56. The molecule has 0 spiro atoms. The van der Waals surface area contributed by atoms with Gasteiger partial charge in [0, 0.05) is 33.9 Å². The van der Waals surface area contributed by atoms with Crippen LogP contribution in [0.1, 0.15) is 0 Å². The quantitative estimate of drug-likeness (QED) is 0.497. The van der Waals surface area contributed by atoms with Crippen molar-refractivity contribution in [2.45, 2.75) is 0 Å². The van der Waals surface area contributed by atoms with Gasteiger partial charge in [0.15, 0.2) is 0 Å². The molecule has 5 heteroatoms. The Labute approximate surface area is 61.0 Å². The maximum atomic E-state index is 5.20. The third-order valence-corrected chi connectivity index (χ3v) is 3.28. The van der Waals surface area contributed by atoms with E-state index in [1.54, 1.807) is 22.9 Å². The fourth-order valence-corrected chi connectivity index (χ4v) is 2.55. The summed E-state index contributed by atoms with van der Waals surface area (Å²) < 4.78 is 2.03. The summed E-state index contributed by atoms with van der Waals surface area (Å²) in [6.07, 6.45) is 4.13. The number of hydrogen-bond acceptors (Lipinski definition) is 5. The second-order valence-corrected chi connectivity index (χ2v) is 4.11. The van der Waals surface area contributed by atoms with E-state index in [9.17, 15) is 0 Å². The van der Waals surface area contributed by atoms with Crippen molar-refractivity contribution in [1.82, 2.24) is 3.71 Å². The molecule has 1 heterocycles. The Balaban J connectivity index is 2.16. The van der Waals surface area contributed by atoms with E-state index >= 15 is 0 Å². The van der Waals surface area contributed by atoms with Crippen LogP contribution in [-0.2, 0) is 0 Å². The van der Waals surface area contributed by atoms with Gasteiger partial charge in [0.25, 0.3) is 0 Å². The fraction of sp³-hybridized carbons (Fsp3) is 0.333. The second-order valence-electron chi connectivity index (χ2n) is 1.14. The Morgan fingerprint density at radius 1 is 1.75 bits per heavy atom. The third-order valence-electron chi connectivity index (χ3n) is 0.642. The van der Waals surface area contributed by atoms with Crippen molar-refractivity contribution >= 4 is 33.9 Å². The first-order valence-corrected chi connectivity index (χ1v) is 5.17. The summed E-state index contributed by atoms with van der Waals surface area (Å²) in [5.41, 5.74) is 0. The van der Waals surface area contributed by atoms with Gasteiger partial charge in [-0.15, -0.1) is 0 Å². The normalized spacial score (nSPS) is 17.9. The Bertz CT molecular complexity index is 94.5. The van der Waals surface area contributed by atoms with Crippen molar-refractivity contribution < 1.29 is 0 Å². The highest BCUT2D eigenvalue weighted by Gasteiger charge is 2.03. The van der Waals surface area contributed by atoms with Crippen LogP contribution in [0.5, 0.6) is 0 Å². The minimum Gasteiger partial charge on any atom is -0.267 e. The minimum absolute atomic E-state index is 1.08. The van der Waals surface area contributed by atoms with Gasteiger partial charge in [0.2, 0.25) is 0 Å². The molecular weight excluding hydrogens is 160 g/mol. The molecule has 0 saturated heterocycles. The van der Waals surface area contributed by atoms with Crippen LogP contribution in [0.15, 0.2) is 12.3 Å². The van der Waals surface area contributed by atoms with Crippen molar-refractivity contribution in [1.29, 1.82) is 0 Å². The van der Waals surface area contributed by atoms with Crippen LogP contribution < -0.4 is 5.14 Å². The molecule has 1 rings (SSSR count). The predicted octanol–water partition coefficient (Wildman–Crippen LogP) is 1.63. The first kappa shape index (κ1) is 6.67. The van der Waals surface area contributed by atoms with Crippen LogP contribution in [0, 0.1) is 0 Å². The second kappa shape index (κ2) is 3.55. The zero-order chi connectivity index (χ0) is 5.82.